The third-order valence-corrected chi connectivity index (χ3v) is 10.6. The van der Waals surface area contributed by atoms with Crippen molar-refractivity contribution in [3.63, 3.8) is 0 Å². The fraction of sp³-hybridized carbons (Fsp3) is 0.438. The summed E-state index contributed by atoms with van der Waals surface area (Å²) in [7, 11) is -3.83. The van der Waals surface area contributed by atoms with E-state index in [2.05, 4.69) is 27.0 Å². The summed E-state index contributed by atoms with van der Waals surface area (Å²) in [6.07, 6.45) is 5.26. The van der Waals surface area contributed by atoms with Gasteiger partial charge < -0.3 is 10.0 Å². The Morgan fingerprint density at radius 2 is 1.88 bits per heavy atom. The lowest BCUT2D eigenvalue weighted by atomic mass is 9.85. The van der Waals surface area contributed by atoms with Crippen LogP contribution in [0.25, 0.3) is 5.65 Å². The molecular formula is C32H42N6O4S. The minimum atomic E-state index is -3.83. The highest BCUT2D eigenvalue weighted by molar-refractivity contribution is 7.89. The summed E-state index contributed by atoms with van der Waals surface area (Å²) >= 11 is 0. The van der Waals surface area contributed by atoms with Gasteiger partial charge in [-0.2, -0.15) is 4.31 Å². The minimum absolute atomic E-state index is 0. The Labute approximate surface area is 254 Å². The van der Waals surface area contributed by atoms with Gasteiger partial charge in [-0.05, 0) is 86.6 Å². The molecule has 2 atom stereocenters. The number of fused-ring (bicyclic) bond motifs is 4. The Hall–Kier alpha value is -3.83. The van der Waals surface area contributed by atoms with Gasteiger partial charge in [-0.1, -0.05) is 33.1 Å². The summed E-state index contributed by atoms with van der Waals surface area (Å²) in [6.45, 7) is 9.18. The second kappa shape index (κ2) is 11.7. The van der Waals surface area contributed by atoms with Gasteiger partial charge in [0.25, 0.3) is 0 Å². The van der Waals surface area contributed by atoms with Gasteiger partial charge >= 0.3 is 5.97 Å². The molecule has 230 valence electrons. The Bertz CT molecular complexity index is 1790. The van der Waals surface area contributed by atoms with Crippen LogP contribution in [0.15, 0.2) is 53.7 Å². The molecule has 1 fully saturated rings. The molecule has 2 aliphatic heterocycles. The van der Waals surface area contributed by atoms with Gasteiger partial charge in [-0.3, -0.25) is 9.20 Å². The van der Waals surface area contributed by atoms with E-state index in [-0.39, 0.29) is 38.3 Å². The fourth-order valence-corrected chi connectivity index (χ4v) is 8.20. The molecule has 2 aliphatic rings. The first kappa shape index (κ1) is 32.1. The highest BCUT2D eigenvalue weighted by Gasteiger charge is 2.47. The number of benzene rings is 1. The van der Waals surface area contributed by atoms with Crippen LogP contribution in [0.3, 0.4) is 0 Å². The topological polar surface area (TPSA) is 121 Å². The average Bonchev–Trinajstić information content (AvgIpc) is 3.49. The smallest absolute Gasteiger partial charge is 0.304 e. The first-order chi connectivity index (χ1) is 19.5. The molecule has 3 aromatic heterocycles. The summed E-state index contributed by atoms with van der Waals surface area (Å²) < 4.78 is 31.5. The Morgan fingerprint density at radius 1 is 1.12 bits per heavy atom. The van der Waals surface area contributed by atoms with Gasteiger partial charge in [0.15, 0.2) is 5.65 Å². The van der Waals surface area contributed by atoms with E-state index in [0.717, 1.165) is 53.0 Å². The first-order valence-electron chi connectivity index (χ1n) is 13.8. The highest BCUT2D eigenvalue weighted by Crippen LogP contribution is 2.42. The molecule has 6 rings (SSSR count). The van der Waals surface area contributed by atoms with Crippen LogP contribution < -0.4 is 4.90 Å². The zero-order valence-corrected chi connectivity index (χ0v) is 24.5. The maximum atomic E-state index is 14.0. The quantitative estimate of drug-likeness (QED) is 0.306. The van der Waals surface area contributed by atoms with Crippen molar-refractivity contribution in [2.24, 2.45) is 0 Å². The number of hydrogen-bond acceptors (Lipinski definition) is 7. The number of aryl methyl sites for hydroxylation is 3. The normalized spacial score (nSPS) is 20.0. The monoisotopic (exact) mass is 606 g/mol. The standard InChI is InChI=1S/C30H34N6O4S.2CH4/c1-19-8-9-22(25(16-27(37)38)24-10-14-35-21(3)32-33-28(35)20(24)2)15-23(19)17-34-18-30(4)11-6-13-36(30)29-26(41(34,39)40)7-5-12-31-29;;/h5,7-10,12,14-15,25H,6,11,13,16-18H2,1-4H3,(H,37,38);2*1H4/t25-,30-;;/m0../s1. The maximum absolute atomic E-state index is 14.0. The lowest BCUT2D eigenvalue weighted by molar-refractivity contribution is -0.137. The van der Waals surface area contributed by atoms with Gasteiger partial charge in [0.05, 0.1) is 12.0 Å². The van der Waals surface area contributed by atoms with Crippen molar-refractivity contribution in [1.82, 2.24) is 23.9 Å². The van der Waals surface area contributed by atoms with Crippen LogP contribution in [0.4, 0.5) is 5.82 Å². The molecule has 10 nitrogen and oxygen atoms in total. The third kappa shape index (κ3) is 5.40. The number of anilines is 1. The van der Waals surface area contributed by atoms with Crippen molar-refractivity contribution in [1.29, 1.82) is 0 Å². The molecule has 0 saturated carbocycles. The number of carboxylic acids is 1. The molecule has 0 amide bonds. The lowest BCUT2D eigenvalue weighted by Gasteiger charge is -2.36. The van der Waals surface area contributed by atoms with Crippen LogP contribution in [0, 0.1) is 20.8 Å². The van der Waals surface area contributed by atoms with Crippen LogP contribution in [0.5, 0.6) is 0 Å². The van der Waals surface area contributed by atoms with Crippen molar-refractivity contribution in [3.8, 4) is 0 Å². The molecule has 0 spiro atoms. The molecule has 5 heterocycles. The molecule has 1 aromatic carbocycles. The predicted molar refractivity (Wildman–Crippen MR) is 168 cm³/mol. The second-order valence-electron chi connectivity index (χ2n) is 11.5. The number of aromatic nitrogens is 4. The highest BCUT2D eigenvalue weighted by atomic mass is 32.2. The molecule has 1 N–H and O–H groups in total. The number of aliphatic carboxylic acids is 1. The Balaban J connectivity index is 0.00000212. The molecule has 0 aliphatic carbocycles. The molecule has 11 heteroatoms. The van der Waals surface area contributed by atoms with E-state index >= 15 is 0 Å². The van der Waals surface area contributed by atoms with Gasteiger partial charge in [-0.25, -0.2) is 13.4 Å². The van der Waals surface area contributed by atoms with Crippen molar-refractivity contribution in [3.05, 3.63) is 82.4 Å². The van der Waals surface area contributed by atoms with Crippen molar-refractivity contribution in [2.75, 3.05) is 18.0 Å². The van der Waals surface area contributed by atoms with E-state index in [1.165, 1.54) is 0 Å². The molecular weight excluding hydrogens is 564 g/mol. The van der Waals surface area contributed by atoms with E-state index in [9.17, 15) is 18.3 Å². The summed E-state index contributed by atoms with van der Waals surface area (Å²) in [5.41, 5.74) is 4.67. The lowest BCUT2D eigenvalue weighted by Crippen LogP contribution is -2.49. The number of nitrogens with zero attached hydrogens (tertiary/aromatic N) is 6. The summed E-state index contributed by atoms with van der Waals surface area (Å²) in [6, 6.07) is 11.1. The summed E-state index contributed by atoms with van der Waals surface area (Å²) in [5.74, 6) is -0.0755. The van der Waals surface area contributed by atoms with Crippen LogP contribution in [0.2, 0.25) is 0 Å². The maximum Gasteiger partial charge on any atom is 0.304 e. The molecule has 0 unspecified atom stereocenters. The average molecular weight is 607 g/mol. The van der Waals surface area contributed by atoms with Crippen LogP contribution in [-0.2, 0) is 21.4 Å². The van der Waals surface area contributed by atoms with Crippen LogP contribution in [0.1, 0.15) is 80.6 Å². The summed E-state index contributed by atoms with van der Waals surface area (Å²) in [5, 5.41) is 18.4. The van der Waals surface area contributed by atoms with Crippen molar-refractivity contribution in [2.45, 2.75) is 84.7 Å². The molecule has 1 saturated heterocycles. The third-order valence-electron chi connectivity index (χ3n) is 8.80. The second-order valence-corrected chi connectivity index (χ2v) is 13.4. The molecule has 0 radical (unpaired) electrons. The van der Waals surface area contributed by atoms with E-state index in [1.807, 2.05) is 55.6 Å². The van der Waals surface area contributed by atoms with E-state index in [0.29, 0.717) is 18.0 Å². The Kier molecular flexibility index (Phi) is 8.72. The van der Waals surface area contributed by atoms with E-state index < -0.39 is 21.9 Å². The molecule has 0 bridgehead atoms. The first-order valence-corrected chi connectivity index (χ1v) is 15.3. The zero-order chi connectivity index (χ0) is 29.1. The van der Waals surface area contributed by atoms with Crippen LogP contribution in [-0.4, -0.2) is 62.0 Å². The number of carbonyl (C=O) groups is 1. The van der Waals surface area contributed by atoms with Crippen LogP contribution >= 0.6 is 0 Å². The minimum Gasteiger partial charge on any atom is -0.481 e. The van der Waals surface area contributed by atoms with Gasteiger partial charge in [0.1, 0.15) is 16.5 Å². The molecule has 43 heavy (non-hydrogen) atoms. The van der Waals surface area contributed by atoms with E-state index in [4.69, 9.17) is 0 Å². The summed E-state index contributed by atoms with van der Waals surface area (Å²) in [4.78, 5) is 18.9. The van der Waals surface area contributed by atoms with Gasteiger partial charge in [0.2, 0.25) is 10.0 Å². The van der Waals surface area contributed by atoms with Crippen molar-refractivity contribution >= 4 is 27.5 Å². The van der Waals surface area contributed by atoms with Gasteiger partial charge in [0, 0.05) is 37.9 Å². The number of pyridine rings is 2. The zero-order valence-electron chi connectivity index (χ0n) is 23.7. The van der Waals surface area contributed by atoms with Crippen molar-refractivity contribution < 1.29 is 18.3 Å². The predicted octanol–water partition coefficient (Wildman–Crippen LogP) is 5.49. The largest absolute Gasteiger partial charge is 0.481 e. The Morgan fingerprint density at radius 3 is 2.63 bits per heavy atom. The number of carboxylic acid groups (broad SMARTS) is 1. The van der Waals surface area contributed by atoms with Gasteiger partial charge in [-0.15, -0.1) is 10.2 Å². The number of hydrogen-bond donors (Lipinski definition) is 1. The fourth-order valence-electron chi connectivity index (χ4n) is 6.52. The SMILES string of the molecule is C.C.Cc1ccc([C@H](CC(=O)O)c2ccn3c(C)nnc3c2C)cc1CN1C[C@]2(C)CCCN2c2ncccc2S1(=O)=O. The number of sulfonamides is 1. The van der Waals surface area contributed by atoms with E-state index in [1.54, 1.807) is 22.6 Å². The molecule has 4 aromatic rings. The number of rotatable bonds is 6.